The summed E-state index contributed by atoms with van der Waals surface area (Å²) in [5.74, 6) is 0. The molecule has 0 heterocycles. The van der Waals surface area contributed by atoms with Gasteiger partial charge in [0.15, 0.2) is 7.41 Å². The molecule has 0 aromatic rings. The minimum absolute atomic E-state index is 1.33. The van der Waals surface area contributed by atoms with Crippen molar-refractivity contribution in [3.8, 4) is 0 Å². The van der Waals surface area contributed by atoms with Crippen molar-refractivity contribution in [3.05, 3.63) is 4.91 Å². The molecule has 0 unspecified atom stereocenters. The standard InChI is InChI=1S/C3H9NOP/c1-6(2,3)4-5/h1-3H3/q+1. The lowest BCUT2D eigenvalue weighted by Crippen LogP contribution is -1.72. The fourth-order valence-electron chi connectivity index (χ4n) is 0. The zero-order valence-electron chi connectivity index (χ0n) is 4.30. The molecule has 0 rings (SSSR count). The van der Waals surface area contributed by atoms with Crippen LogP contribution in [-0.4, -0.2) is 20.0 Å². The molecule has 0 aliphatic carbocycles. The maximum absolute atomic E-state index is 9.63. The summed E-state index contributed by atoms with van der Waals surface area (Å²) in [7, 11) is -1.33. The fourth-order valence-corrected chi connectivity index (χ4v) is 0. The van der Waals surface area contributed by atoms with Crippen LogP contribution in [0.2, 0.25) is 0 Å². The second kappa shape index (κ2) is 1.65. The fraction of sp³-hybridized carbons (Fsp3) is 1.00. The molecule has 0 fully saturated rings. The molecular weight excluding hydrogens is 97.0 g/mol. The molecule has 0 N–H and O–H groups in total. The van der Waals surface area contributed by atoms with Gasteiger partial charge in [0.05, 0.1) is 24.9 Å². The molecule has 2 nitrogen and oxygen atoms in total. The predicted molar refractivity (Wildman–Crippen MR) is 30.5 cm³/mol. The van der Waals surface area contributed by atoms with E-state index >= 15 is 0 Å². The number of nitroso groups, excluding NO2 is 1. The zero-order chi connectivity index (χ0) is 5.21. The van der Waals surface area contributed by atoms with Gasteiger partial charge in [-0.05, 0) is 0 Å². The molecule has 0 bridgehead atoms. The van der Waals surface area contributed by atoms with Crippen LogP contribution in [0.15, 0.2) is 4.95 Å². The van der Waals surface area contributed by atoms with Gasteiger partial charge in [0.2, 0.25) is 0 Å². The van der Waals surface area contributed by atoms with Crippen molar-refractivity contribution in [2.24, 2.45) is 4.95 Å². The van der Waals surface area contributed by atoms with E-state index in [1.807, 2.05) is 20.0 Å². The molecule has 6 heavy (non-hydrogen) atoms. The number of hydrogen-bond acceptors (Lipinski definition) is 2. The molecule has 0 saturated heterocycles. The zero-order valence-corrected chi connectivity index (χ0v) is 5.20. The number of nitrogens with zero attached hydrogens (tertiary/aromatic N) is 1. The quantitative estimate of drug-likeness (QED) is 0.368. The Labute approximate surface area is 38.3 Å². The normalized spacial score (nSPS) is 11.2. The van der Waals surface area contributed by atoms with Crippen molar-refractivity contribution in [3.63, 3.8) is 0 Å². The van der Waals surface area contributed by atoms with Gasteiger partial charge in [-0.25, -0.2) is 0 Å². The van der Waals surface area contributed by atoms with Gasteiger partial charge in [0, 0.05) is 0 Å². The maximum atomic E-state index is 9.63. The largest absolute Gasteiger partial charge is 0.171 e. The minimum atomic E-state index is -1.33. The average molecular weight is 106 g/mol. The van der Waals surface area contributed by atoms with Gasteiger partial charge >= 0.3 is 0 Å². The lowest BCUT2D eigenvalue weighted by Gasteiger charge is -1.91. The highest BCUT2D eigenvalue weighted by atomic mass is 31.2. The van der Waals surface area contributed by atoms with E-state index in [1.54, 1.807) is 0 Å². The van der Waals surface area contributed by atoms with E-state index in [0.717, 1.165) is 0 Å². The van der Waals surface area contributed by atoms with Crippen LogP contribution in [0.4, 0.5) is 0 Å². The lowest BCUT2D eigenvalue weighted by atomic mass is 11.9. The summed E-state index contributed by atoms with van der Waals surface area (Å²) in [5, 5.41) is 0. The van der Waals surface area contributed by atoms with Crippen LogP contribution < -0.4 is 0 Å². The van der Waals surface area contributed by atoms with Gasteiger partial charge in [0.25, 0.3) is 0 Å². The predicted octanol–water partition coefficient (Wildman–Crippen LogP) is 1.57. The topological polar surface area (TPSA) is 29.4 Å². The lowest BCUT2D eigenvalue weighted by molar-refractivity contribution is 1.70. The second-order valence-electron chi connectivity index (χ2n) is 2.02. The van der Waals surface area contributed by atoms with Gasteiger partial charge in [-0.3, -0.25) is 0 Å². The van der Waals surface area contributed by atoms with E-state index in [2.05, 4.69) is 4.95 Å². The van der Waals surface area contributed by atoms with Gasteiger partial charge in [0.1, 0.15) is 0 Å². The number of rotatable bonds is 1. The van der Waals surface area contributed by atoms with Crippen LogP contribution in [0, 0.1) is 4.91 Å². The number of hydrogen-bond donors (Lipinski definition) is 0. The molecule has 0 spiro atoms. The van der Waals surface area contributed by atoms with Crippen molar-refractivity contribution in [2.45, 2.75) is 0 Å². The van der Waals surface area contributed by atoms with Gasteiger partial charge in [-0.2, -0.15) is 0 Å². The van der Waals surface area contributed by atoms with Crippen molar-refractivity contribution in [2.75, 3.05) is 20.0 Å². The van der Waals surface area contributed by atoms with Crippen molar-refractivity contribution < 1.29 is 0 Å². The second-order valence-corrected chi connectivity index (χ2v) is 6.07. The van der Waals surface area contributed by atoms with E-state index in [-0.39, 0.29) is 0 Å². The van der Waals surface area contributed by atoms with E-state index in [4.69, 9.17) is 0 Å². The summed E-state index contributed by atoms with van der Waals surface area (Å²) < 4.78 is 0. The molecule has 0 atom stereocenters. The van der Waals surface area contributed by atoms with Crippen molar-refractivity contribution in [1.29, 1.82) is 0 Å². The molecule has 0 aliphatic rings. The summed E-state index contributed by atoms with van der Waals surface area (Å²) in [5.41, 5.74) is 0. The SMILES string of the molecule is C[P+](C)(C)N=O. The summed E-state index contributed by atoms with van der Waals surface area (Å²) in [6.07, 6.45) is 0. The van der Waals surface area contributed by atoms with E-state index in [9.17, 15) is 4.91 Å². The first-order valence-corrected chi connectivity index (χ1v) is 4.81. The summed E-state index contributed by atoms with van der Waals surface area (Å²) in [6, 6.07) is 0. The van der Waals surface area contributed by atoms with Crippen LogP contribution in [0.3, 0.4) is 0 Å². The third-order valence-electron chi connectivity index (χ3n) is 0.245. The Hall–Kier alpha value is 0.0300. The summed E-state index contributed by atoms with van der Waals surface area (Å²) in [4.78, 5) is 12.5. The minimum Gasteiger partial charge on any atom is -0.109 e. The van der Waals surface area contributed by atoms with Crippen LogP contribution in [0.5, 0.6) is 0 Å². The Bertz CT molecular complexity index is 56.3. The van der Waals surface area contributed by atoms with Crippen LogP contribution in [0.1, 0.15) is 0 Å². The molecule has 0 amide bonds. The van der Waals surface area contributed by atoms with Crippen LogP contribution >= 0.6 is 7.41 Å². The van der Waals surface area contributed by atoms with Gasteiger partial charge < -0.3 is 0 Å². The molecule has 0 aliphatic heterocycles. The Morgan fingerprint density at radius 3 is 1.50 bits per heavy atom. The van der Waals surface area contributed by atoms with Crippen molar-refractivity contribution >= 4 is 7.41 Å². The molecule has 0 aromatic carbocycles. The highest BCUT2D eigenvalue weighted by molar-refractivity contribution is 7.72. The van der Waals surface area contributed by atoms with E-state index < -0.39 is 7.41 Å². The van der Waals surface area contributed by atoms with Crippen molar-refractivity contribution in [1.82, 2.24) is 0 Å². The highest BCUT2D eigenvalue weighted by Gasteiger charge is 2.16. The van der Waals surface area contributed by atoms with Gasteiger partial charge in [-0.1, -0.05) is 0 Å². The average Bonchev–Trinajstić information content (AvgIpc) is 1.35. The monoisotopic (exact) mass is 106 g/mol. The molecule has 0 aromatic heterocycles. The highest BCUT2D eigenvalue weighted by Crippen LogP contribution is 2.47. The molecule has 36 valence electrons. The smallest absolute Gasteiger partial charge is 0.109 e. The van der Waals surface area contributed by atoms with Crippen LogP contribution in [-0.2, 0) is 0 Å². The third-order valence-corrected chi connectivity index (χ3v) is 0.735. The molecular formula is C3H9NOP+. The van der Waals surface area contributed by atoms with E-state index in [1.165, 1.54) is 0 Å². The summed E-state index contributed by atoms with van der Waals surface area (Å²) >= 11 is 0. The third kappa shape index (κ3) is 4.03. The molecule has 0 saturated carbocycles. The first kappa shape index (κ1) is 6.03. The summed E-state index contributed by atoms with van der Waals surface area (Å²) in [6.45, 7) is 5.62. The van der Waals surface area contributed by atoms with Gasteiger partial charge in [-0.15, -0.1) is 4.91 Å². The molecule has 0 radical (unpaired) electrons. The maximum Gasteiger partial charge on any atom is 0.171 e. The Morgan fingerprint density at radius 1 is 1.33 bits per heavy atom. The van der Waals surface area contributed by atoms with E-state index in [0.29, 0.717) is 0 Å². The Morgan fingerprint density at radius 2 is 1.50 bits per heavy atom. The van der Waals surface area contributed by atoms with Crippen LogP contribution in [0.25, 0.3) is 0 Å². The Kier molecular flexibility index (Phi) is 1.66. The first-order valence-electron chi connectivity index (χ1n) is 1.72. The molecule has 3 heteroatoms. The first-order chi connectivity index (χ1) is 2.56. The Balaban J connectivity index is 3.45.